The van der Waals surface area contributed by atoms with Crippen molar-refractivity contribution in [3.63, 3.8) is 0 Å². The highest BCUT2D eigenvalue weighted by molar-refractivity contribution is 4.98. The predicted molar refractivity (Wildman–Crippen MR) is 57.4 cm³/mol. The molecule has 1 saturated heterocycles. The molecule has 2 N–H and O–H groups in total. The van der Waals surface area contributed by atoms with Gasteiger partial charge in [0.05, 0.1) is 11.2 Å². The highest BCUT2D eigenvalue weighted by atomic mass is 16.5. The first-order valence-corrected chi connectivity index (χ1v) is 5.42. The van der Waals surface area contributed by atoms with Gasteiger partial charge in [-0.05, 0) is 47.1 Å². The molecule has 1 heterocycles. The second kappa shape index (κ2) is 4.17. The van der Waals surface area contributed by atoms with Crippen LogP contribution in [0.3, 0.4) is 0 Å². The van der Waals surface area contributed by atoms with Crippen LogP contribution in [0.1, 0.15) is 40.5 Å². The molecule has 0 unspecified atom stereocenters. The maximum atomic E-state index is 8.70. The van der Waals surface area contributed by atoms with E-state index < -0.39 is 0 Å². The number of hydrogen-bond acceptors (Lipinski definition) is 3. The van der Waals surface area contributed by atoms with Crippen LogP contribution in [0, 0.1) is 0 Å². The Hall–Kier alpha value is -0.120. The monoisotopic (exact) mass is 201 g/mol. The molecular weight excluding hydrogens is 178 g/mol. The third kappa shape index (κ3) is 2.94. The van der Waals surface area contributed by atoms with E-state index in [1.54, 1.807) is 0 Å². The zero-order valence-corrected chi connectivity index (χ0v) is 9.76. The van der Waals surface area contributed by atoms with Gasteiger partial charge in [-0.15, -0.1) is 0 Å². The highest BCUT2D eigenvalue weighted by Crippen LogP contribution is 2.37. The highest BCUT2D eigenvalue weighted by Gasteiger charge is 2.45. The van der Waals surface area contributed by atoms with Gasteiger partial charge >= 0.3 is 0 Å². The van der Waals surface area contributed by atoms with E-state index in [2.05, 4.69) is 33.0 Å². The van der Waals surface area contributed by atoms with Crippen molar-refractivity contribution in [2.45, 2.75) is 57.8 Å². The molecule has 0 aromatic heterocycles. The van der Waals surface area contributed by atoms with Crippen LogP contribution in [-0.2, 0) is 4.74 Å². The number of aliphatic hydroxyl groups excluding tert-OH is 1. The van der Waals surface area contributed by atoms with Crippen LogP contribution in [0.5, 0.6) is 0 Å². The zero-order chi connectivity index (χ0) is 10.8. The summed E-state index contributed by atoms with van der Waals surface area (Å²) in [6, 6.07) is 0.393. The lowest BCUT2D eigenvalue weighted by atomic mass is 9.94. The summed E-state index contributed by atoms with van der Waals surface area (Å²) in [6.07, 6.45) is 1.85. The van der Waals surface area contributed by atoms with E-state index in [4.69, 9.17) is 9.84 Å². The van der Waals surface area contributed by atoms with Gasteiger partial charge in [0.15, 0.2) is 0 Å². The first kappa shape index (κ1) is 12.0. The van der Waals surface area contributed by atoms with Crippen LogP contribution in [-0.4, -0.2) is 35.5 Å². The standard InChI is InChI=1S/C11H23NO2/c1-10(2)8-9(11(3,4)14-10)12-6-5-7-13/h9,12-13H,5-8H2,1-4H3/t9-/m1/s1. The minimum atomic E-state index is -0.0983. The molecule has 1 atom stereocenters. The quantitative estimate of drug-likeness (QED) is 0.674. The van der Waals surface area contributed by atoms with Crippen LogP contribution in [0.25, 0.3) is 0 Å². The lowest BCUT2D eigenvalue weighted by Gasteiger charge is -2.27. The molecule has 0 aromatic carbocycles. The van der Waals surface area contributed by atoms with Gasteiger partial charge in [-0.3, -0.25) is 0 Å². The van der Waals surface area contributed by atoms with E-state index in [9.17, 15) is 0 Å². The van der Waals surface area contributed by atoms with E-state index in [1.165, 1.54) is 0 Å². The van der Waals surface area contributed by atoms with Gasteiger partial charge < -0.3 is 15.2 Å². The van der Waals surface area contributed by atoms with Crippen molar-refractivity contribution in [3.05, 3.63) is 0 Å². The largest absolute Gasteiger partial charge is 0.396 e. The summed E-state index contributed by atoms with van der Waals surface area (Å²) < 4.78 is 5.95. The molecule has 0 aliphatic carbocycles. The van der Waals surface area contributed by atoms with E-state index in [-0.39, 0.29) is 17.8 Å². The molecule has 84 valence electrons. The molecule has 1 aliphatic rings. The lowest BCUT2D eigenvalue weighted by Crippen LogP contribution is -2.43. The Morgan fingerprint density at radius 2 is 2.00 bits per heavy atom. The molecule has 0 bridgehead atoms. The van der Waals surface area contributed by atoms with Gasteiger partial charge in [-0.2, -0.15) is 0 Å². The lowest BCUT2D eigenvalue weighted by molar-refractivity contribution is -0.0698. The summed E-state index contributed by atoms with van der Waals surface area (Å²) in [5, 5.41) is 12.1. The van der Waals surface area contributed by atoms with Crippen molar-refractivity contribution in [3.8, 4) is 0 Å². The molecule has 1 fully saturated rings. The fourth-order valence-corrected chi connectivity index (χ4v) is 2.24. The molecule has 0 saturated carbocycles. The van der Waals surface area contributed by atoms with Gasteiger partial charge in [0.2, 0.25) is 0 Å². The number of ether oxygens (including phenoxy) is 1. The SMILES string of the molecule is CC1(C)C[C@@H](NCCCO)C(C)(C)O1. The second-order valence-corrected chi connectivity index (χ2v) is 5.25. The molecule has 0 aromatic rings. The number of nitrogens with one attached hydrogen (secondary N) is 1. The molecule has 14 heavy (non-hydrogen) atoms. The third-order valence-electron chi connectivity index (χ3n) is 2.80. The fourth-order valence-electron chi connectivity index (χ4n) is 2.24. The van der Waals surface area contributed by atoms with E-state index >= 15 is 0 Å². The maximum Gasteiger partial charge on any atom is 0.0787 e. The van der Waals surface area contributed by atoms with Gasteiger partial charge in [-0.25, -0.2) is 0 Å². The first-order valence-electron chi connectivity index (χ1n) is 5.42. The minimum Gasteiger partial charge on any atom is -0.396 e. The topological polar surface area (TPSA) is 41.5 Å². The van der Waals surface area contributed by atoms with Crippen LogP contribution in [0.15, 0.2) is 0 Å². The summed E-state index contributed by atoms with van der Waals surface area (Å²) in [4.78, 5) is 0. The van der Waals surface area contributed by atoms with Crippen molar-refractivity contribution < 1.29 is 9.84 Å². The molecule has 0 amide bonds. The molecule has 0 spiro atoms. The summed E-state index contributed by atoms with van der Waals surface area (Å²) >= 11 is 0. The zero-order valence-electron chi connectivity index (χ0n) is 9.76. The van der Waals surface area contributed by atoms with Gasteiger partial charge in [0, 0.05) is 12.6 Å². The molecule has 1 aliphatic heterocycles. The van der Waals surface area contributed by atoms with Gasteiger partial charge in [-0.1, -0.05) is 0 Å². The smallest absolute Gasteiger partial charge is 0.0787 e. The average Bonchev–Trinajstić information content (AvgIpc) is 2.20. The van der Waals surface area contributed by atoms with Crippen molar-refractivity contribution in [2.24, 2.45) is 0 Å². The van der Waals surface area contributed by atoms with Crippen molar-refractivity contribution in [2.75, 3.05) is 13.2 Å². The molecular formula is C11H23NO2. The normalized spacial score (nSPS) is 29.4. The van der Waals surface area contributed by atoms with Crippen LogP contribution < -0.4 is 5.32 Å². The van der Waals surface area contributed by atoms with Crippen LogP contribution >= 0.6 is 0 Å². The predicted octanol–water partition coefficient (Wildman–Crippen LogP) is 1.30. The van der Waals surface area contributed by atoms with Gasteiger partial charge in [0.25, 0.3) is 0 Å². The first-order chi connectivity index (χ1) is 6.37. The molecule has 3 heteroatoms. The Labute approximate surface area is 86.8 Å². The third-order valence-corrected chi connectivity index (χ3v) is 2.80. The molecule has 0 radical (unpaired) electrons. The Morgan fingerprint density at radius 3 is 2.43 bits per heavy atom. The van der Waals surface area contributed by atoms with Crippen molar-refractivity contribution >= 4 is 0 Å². The van der Waals surface area contributed by atoms with Crippen molar-refractivity contribution in [1.82, 2.24) is 5.32 Å². The van der Waals surface area contributed by atoms with E-state index in [1.807, 2.05) is 0 Å². The summed E-state index contributed by atoms with van der Waals surface area (Å²) in [7, 11) is 0. The number of rotatable bonds is 4. The Morgan fingerprint density at radius 1 is 1.36 bits per heavy atom. The summed E-state index contributed by atoms with van der Waals surface area (Å²) in [6.45, 7) is 9.62. The number of hydrogen-bond donors (Lipinski definition) is 2. The maximum absolute atomic E-state index is 8.70. The summed E-state index contributed by atoms with van der Waals surface area (Å²) in [5.74, 6) is 0. The number of aliphatic hydroxyl groups is 1. The van der Waals surface area contributed by atoms with Gasteiger partial charge in [0.1, 0.15) is 0 Å². The van der Waals surface area contributed by atoms with E-state index in [0.29, 0.717) is 6.04 Å². The minimum absolute atomic E-state index is 0.0274. The Balaban J connectivity index is 2.44. The molecule has 3 nitrogen and oxygen atoms in total. The Kier molecular flexibility index (Phi) is 3.56. The fraction of sp³-hybridized carbons (Fsp3) is 1.00. The second-order valence-electron chi connectivity index (χ2n) is 5.25. The summed E-state index contributed by atoms with van der Waals surface area (Å²) in [5.41, 5.74) is -0.126. The van der Waals surface area contributed by atoms with E-state index in [0.717, 1.165) is 19.4 Å². The van der Waals surface area contributed by atoms with Crippen LogP contribution in [0.2, 0.25) is 0 Å². The Bertz CT molecular complexity index is 190. The molecule has 1 rings (SSSR count). The van der Waals surface area contributed by atoms with Crippen molar-refractivity contribution in [1.29, 1.82) is 0 Å². The average molecular weight is 201 g/mol. The van der Waals surface area contributed by atoms with Crippen LogP contribution in [0.4, 0.5) is 0 Å².